The van der Waals surface area contributed by atoms with E-state index in [0.717, 1.165) is 16.7 Å². The first-order valence-corrected chi connectivity index (χ1v) is 24.2. The van der Waals surface area contributed by atoms with E-state index in [4.69, 9.17) is 48.8 Å². The van der Waals surface area contributed by atoms with Gasteiger partial charge in [0.15, 0.2) is 12.4 Å². The molecule has 6 unspecified atom stereocenters. The lowest BCUT2D eigenvalue weighted by molar-refractivity contribution is -0.268. The fraction of sp³-hybridized carbons (Fsp3) is 0.370. The number of carbonyl (C=O) groups excluding carboxylic acids is 3. The topological polar surface area (TPSA) is 154 Å². The van der Waals surface area contributed by atoms with E-state index in [-0.39, 0.29) is 50.6 Å². The van der Waals surface area contributed by atoms with Crippen molar-refractivity contribution < 1.29 is 56.6 Å². The summed E-state index contributed by atoms with van der Waals surface area (Å²) in [4.78, 5) is 44.5. The number of amides is 1. The van der Waals surface area contributed by atoms with E-state index in [1.165, 1.54) is 6.92 Å². The second-order valence-corrected chi connectivity index (χ2v) is 18.2. The third-order valence-electron chi connectivity index (χ3n) is 11.4. The van der Waals surface area contributed by atoms with Gasteiger partial charge in [-0.05, 0) is 92.9 Å². The average Bonchev–Trinajstić information content (AvgIpc) is 3.37. The number of benzene rings is 5. The highest BCUT2D eigenvalue weighted by molar-refractivity contribution is 7.44. The summed E-state index contributed by atoms with van der Waals surface area (Å²) >= 11 is 0. The summed E-state index contributed by atoms with van der Waals surface area (Å²) in [6.45, 7) is 16.3. The Labute approximate surface area is 412 Å². The van der Waals surface area contributed by atoms with Crippen molar-refractivity contribution in [3.63, 3.8) is 0 Å². The van der Waals surface area contributed by atoms with Crippen molar-refractivity contribution in [2.45, 2.75) is 82.9 Å². The lowest BCUT2D eigenvalue weighted by Gasteiger charge is -2.47. The maximum atomic E-state index is 14.2. The van der Waals surface area contributed by atoms with Gasteiger partial charge in [0.25, 0.3) is 8.53 Å². The summed E-state index contributed by atoms with van der Waals surface area (Å²) in [6, 6.07) is 40.5. The van der Waals surface area contributed by atoms with Gasteiger partial charge in [0, 0.05) is 19.0 Å². The van der Waals surface area contributed by atoms with Gasteiger partial charge in [-0.15, -0.1) is 0 Å². The van der Waals surface area contributed by atoms with Crippen LogP contribution in [0.5, 0.6) is 11.5 Å². The van der Waals surface area contributed by atoms with Gasteiger partial charge in [0.1, 0.15) is 48.6 Å². The Bertz CT molecular complexity index is 2390. The van der Waals surface area contributed by atoms with Gasteiger partial charge < -0.3 is 52.4 Å². The van der Waals surface area contributed by atoms with Crippen molar-refractivity contribution in [2.24, 2.45) is 0 Å². The Hall–Kier alpha value is -6.21. The van der Waals surface area contributed by atoms with Gasteiger partial charge in [-0.1, -0.05) is 91.0 Å². The second kappa shape index (κ2) is 26.1. The molecule has 0 aromatic heterocycles. The molecule has 5 aromatic carbocycles. The number of carbonyl (C=O) groups is 3. The van der Waals surface area contributed by atoms with Gasteiger partial charge >= 0.3 is 11.9 Å². The van der Waals surface area contributed by atoms with Crippen LogP contribution in [0.4, 0.5) is 0 Å². The molecule has 0 saturated carbocycles. The van der Waals surface area contributed by atoms with Gasteiger partial charge in [0.05, 0.1) is 38.6 Å². The van der Waals surface area contributed by atoms with Crippen molar-refractivity contribution in [1.82, 2.24) is 9.99 Å². The van der Waals surface area contributed by atoms with Crippen molar-refractivity contribution in [2.75, 3.05) is 47.2 Å². The summed E-state index contributed by atoms with van der Waals surface area (Å²) in [5, 5.41) is 2.93. The Balaban J connectivity index is 1.41. The number of esters is 2. The zero-order valence-corrected chi connectivity index (χ0v) is 41.5. The fourth-order valence-corrected chi connectivity index (χ4v) is 10.0. The molecule has 1 heterocycles. The standard InChI is InChI=1S/C54H62N3O12P/c1-37(2)57(38(3)4)70(66-33-32-55-6)69-49-47(36-64-51(59)40-18-12-9-13-19-40)67-53(48(56-39(5)58)50(49)68-52(60)41-20-14-10-15-21-41)63-34-35-65-54(42-22-16-11-17-23-42,43-24-28-45(61-7)29-25-43)44-26-30-46(62-8)31-27-44/h9-31,37-38,47-50,53H,32-36H2,1-5,7-8H3,(H,56,58). The lowest BCUT2D eigenvalue weighted by Crippen LogP contribution is -2.66. The van der Waals surface area contributed by atoms with Crippen LogP contribution in [0.1, 0.15) is 72.0 Å². The zero-order chi connectivity index (χ0) is 50.0. The van der Waals surface area contributed by atoms with Crippen molar-refractivity contribution in [3.05, 3.63) is 179 Å². The van der Waals surface area contributed by atoms with Crippen LogP contribution in [-0.2, 0) is 43.1 Å². The predicted molar refractivity (Wildman–Crippen MR) is 264 cm³/mol. The average molecular weight is 976 g/mol. The summed E-state index contributed by atoms with van der Waals surface area (Å²) in [5.41, 5.74) is 1.79. The van der Waals surface area contributed by atoms with Crippen molar-refractivity contribution in [1.29, 1.82) is 0 Å². The Morgan fingerprint density at radius 1 is 0.700 bits per heavy atom. The SMILES string of the molecule is [C-]#[N+]CCOP(OC1C(COC(=O)c2ccccc2)OC(OCCOC(c2ccccc2)(c2ccc(OC)cc2)c2ccc(OC)cc2)C(NC(C)=O)C1OC(=O)c1ccccc1)N(C(C)C)C(C)C. The molecule has 1 amide bonds. The quantitative estimate of drug-likeness (QED) is 0.0206. The molecule has 70 heavy (non-hydrogen) atoms. The minimum absolute atomic E-state index is 0.0282. The molecule has 370 valence electrons. The highest BCUT2D eigenvalue weighted by Gasteiger charge is 2.52. The smallest absolute Gasteiger partial charge is 0.338 e. The van der Waals surface area contributed by atoms with Gasteiger partial charge in [0.2, 0.25) is 12.5 Å². The number of nitrogens with one attached hydrogen (secondary N) is 1. The first-order valence-electron chi connectivity index (χ1n) is 23.1. The van der Waals surface area contributed by atoms with E-state index in [2.05, 4.69) is 10.2 Å². The van der Waals surface area contributed by atoms with Crippen LogP contribution in [0, 0.1) is 6.57 Å². The Morgan fingerprint density at radius 3 is 1.71 bits per heavy atom. The first kappa shape index (κ1) is 53.1. The number of hydrogen-bond acceptors (Lipinski definition) is 13. The Morgan fingerprint density at radius 2 is 1.21 bits per heavy atom. The third kappa shape index (κ3) is 13.6. The minimum Gasteiger partial charge on any atom is -0.497 e. The molecular weight excluding hydrogens is 914 g/mol. The molecule has 1 saturated heterocycles. The molecular formula is C54H62N3O12P. The largest absolute Gasteiger partial charge is 0.497 e. The zero-order valence-electron chi connectivity index (χ0n) is 40.6. The summed E-state index contributed by atoms with van der Waals surface area (Å²) in [6.07, 6.45) is -5.06. The maximum absolute atomic E-state index is 14.2. The van der Waals surface area contributed by atoms with E-state index in [0.29, 0.717) is 17.1 Å². The number of hydrogen-bond donors (Lipinski definition) is 1. The van der Waals surface area contributed by atoms with Crippen molar-refractivity contribution in [3.8, 4) is 11.5 Å². The molecule has 1 aliphatic heterocycles. The van der Waals surface area contributed by atoms with Crippen LogP contribution in [0.3, 0.4) is 0 Å². The second-order valence-electron chi connectivity index (χ2n) is 16.8. The van der Waals surface area contributed by atoms with E-state index < -0.39 is 62.6 Å². The van der Waals surface area contributed by atoms with Crippen LogP contribution >= 0.6 is 8.53 Å². The highest BCUT2D eigenvalue weighted by atomic mass is 31.2. The van der Waals surface area contributed by atoms with E-state index in [1.807, 2.05) is 111 Å². The molecule has 1 N–H and O–H groups in total. The van der Waals surface area contributed by atoms with Crippen LogP contribution < -0.4 is 14.8 Å². The number of rotatable bonds is 24. The van der Waals surface area contributed by atoms with Crippen LogP contribution in [-0.4, -0.2) is 112 Å². The van der Waals surface area contributed by atoms with Crippen LogP contribution in [0.15, 0.2) is 140 Å². The summed E-state index contributed by atoms with van der Waals surface area (Å²) in [5.74, 6) is -0.491. The summed E-state index contributed by atoms with van der Waals surface area (Å²) < 4.78 is 59.1. The number of methoxy groups -OCH3 is 2. The van der Waals surface area contributed by atoms with E-state index >= 15 is 0 Å². The van der Waals surface area contributed by atoms with Gasteiger partial charge in [-0.2, -0.15) is 0 Å². The lowest BCUT2D eigenvalue weighted by atomic mass is 9.80. The number of ether oxygens (including phenoxy) is 7. The molecule has 6 atom stereocenters. The van der Waals surface area contributed by atoms with E-state index in [1.54, 1.807) is 74.9 Å². The first-order chi connectivity index (χ1) is 33.9. The predicted octanol–water partition coefficient (Wildman–Crippen LogP) is 9.01. The molecule has 15 nitrogen and oxygen atoms in total. The molecule has 1 aliphatic rings. The molecule has 0 spiro atoms. The van der Waals surface area contributed by atoms with Crippen LogP contribution in [0.25, 0.3) is 4.85 Å². The molecule has 5 aromatic rings. The normalized spacial score (nSPS) is 18.4. The highest BCUT2D eigenvalue weighted by Crippen LogP contribution is 2.49. The molecule has 6 rings (SSSR count). The fourth-order valence-electron chi connectivity index (χ4n) is 8.24. The Kier molecular flexibility index (Phi) is 19.8. The number of nitrogens with zero attached hydrogens (tertiary/aromatic N) is 2. The van der Waals surface area contributed by atoms with Gasteiger partial charge in [-0.3, -0.25) is 4.79 Å². The molecule has 0 radical (unpaired) electrons. The maximum Gasteiger partial charge on any atom is 0.338 e. The minimum atomic E-state index is -2.00. The monoisotopic (exact) mass is 975 g/mol. The molecule has 1 fully saturated rings. The van der Waals surface area contributed by atoms with Crippen LogP contribution in [0.2, 0.25) is 0 Å². The van der Waals surface area contributed by atoms with Crippen molar-refractivity contribution >= 4 is 26.4 Å². The molecule has 0 aliphatic carbocycles. The van der Waals surface area contributed by atoms with Gasteiger partial charge in [-0.25, -0.2) is 20.8 Å². The van der Waals surface area contributed by atoms with E-state index in [9.17, 15) is 14.4 Å². The summed E-state index contributed by atoms with van der Waals surface area (Å²) in [7, 11) is 1.21. The third-order valence-corrected chi connectivity index (χ3v) is 13.5. The molecule has 16 heteroatoms. The molecule has 0 bridgehead atoms.